The minimum atomic E-state index is -3.83. The van der Waals surface area contributed by atoms with Crippen LogP contribution in [0.3, 0.4) is 0 Å². The molecule has 3 rings (SSSR count). The van der Waals surface area contributed by atoms with E-state index in [9.17, 15) is 17.9 Å². The molecule has 29 heavy (non-hydrogen) atoms. The van der Waals surface area contributed by atoms with Crippen LogP contribution in [0.5, 0.6) is 5.75 Å². The predicted molar refractivity (Wildman–Crippen MR) is 106 cm³/mol. The van der Waals surface area contributed by atoms with E-state index in [-0.39, 0.29) is 53.8 Å². The quantitative estimate of drug-likeness (QED) is 0.738. The van der Waals surface area contributed by atoms with Crippen molar-refractivity contribution in [1.29, 1.82) is 5.26 Å². The van der Waals surface area contributed by atoms with Crippen molar-refractivity contribution in [2.75, 3.05) is 19.7 Å². The number of hydrogen-bond donors (Lipinski definition) is 1. The molecule has 1 fully saturated rings. The van der Waals surface area contributed by atoms with Crippen molar-refractivity contribution in [2.24, 2.45) is 0 Å². The highest BCUT2D eigenvalue weighted by molar-refractivity contribution is 7.89. The Bertz CT molecular complexity index is 1060. The molecule has 0 amide bonds. The molecule has 6 nitrogen and oxygen atoms in total. The minimum Gasteiger partial charge on any atom is -0.490 e. The van der Waals surface area contributed by atoms with Crippen LogP contribution in [0.15, 0.2) is 41.3 Å². The van der Waals surface area contributed by atoms with Gasteiger partial charge in [-0.2, -0.15) is 9.57 Å². The van der Waals surface area contributed by atoms with E-state index in [1.54, 1.807) is 6.07 Å². The van der Waals surface area contributed by atoms with Crippen LogP contribution in [0.2, 0.25) is 10.0 Å². The molecule has 1 N–H and O–H groups in total. The molecule has 2 aromatic rings. The van der Waals surface area contributed by atoms with Gasteiger partial charge in [0.2, 0.25) is 10.0 Å². The van der Waals surface area contributed by atoms with E-state index in [1.165, 1.54) is 34.6 Å². The zero-order chi connectivity index (χ0) is 21.2. The van der Waals surface area contributed by atoms with Crippen LogP contribution < -0.4 is 4.74 Å². The third kappa shape index (κ3) is 4.82. The van der Waals surface area contributed by atoms with Crippen molar-refractivity contribution in [3.63, 3.8) is 0 Å². The number of piperidine rings is 1. The number of benzene rings is 2. The summed E-state index contributed by atoms with van der Waals surface area (Å²) in [7, 11) is -3.83. The first-order valence-electron chi connectivity index (χ1n) is 8.65. The first-order valence-corrected chi connectivity index (χ1v) is 10.8. The van der Waals surface area contributed by atoms with Gasteiger partial charge >= 0.3 is 0 Å². The average Bonchev–Trinajstić information content (AvgIpc) is 2.66. The number of rotatable bonds is 5. The fourth-order valence-electron chi connectivity index (χ4n) is 3.00. The maximum Gasteiger partial charge on any atom is 0.244 e. The summed E-state index contributed by atoms with van der Waals surface area (Å²) in [4.78, 5) is -0.0432. The second kappa shape index (κ2) is 8.46. The number of nitrogens with zero attached hydrogens (tertiary/aromatic N) is 2. The number of hydrogen-bond acceptors (Lipinski definition) is 5. The van der Waals surface area contributed by atoms with Gasteiger partial charge in [-0.25, -0.2) is 12.8 Å². The molecule has 0 saturated carbocycles. The molecule has 1 aliphatic heterocycles. The van der Waals surface area contributed by atoms with Crippen LogP contribution in [0.4, 0.5) is 4.39 Å². The fraction of sp³-hybridized carbons (Fsp3) is 0.316. The van der Waals surface area contributed by atoms with Gasteiger partial charge in [-0.15, -0.1) is 0 Å². The van der Waals surface area contributed by atoms with E-state index in [2.05, 4.69) is 0 Å². The Morgan fingerprint density at radius 3 is 2.48 bits per heavy atom. The van der Waals surface area contributed by atoms with Gasteiger partial charge in [0, 0.05) is 24.2 Å². The molecular weight excluding hydrogens is 442 g/mol. The van der Waals surface area contributed by atoms with Crippen molar-refractivity contribution < 1.29 is 22.7 Å². The number of halogens is 3. The van der Waals surface area contributed by atoms with E-state index in [4.69, 9.17) is 33.2 Å². The van der Waals surface area contributed by atoms with E-state index < -0.39 is 21.4 Å². The SMILES string of the molecule is N#Cc1ccc(OCC2(O)CCN(S(=O)(=O)c3ccc(Cl)cc3Cl)CC2)cc1F. The summed E-state index contributed by atoms with van der Waals surface area (Å²) < 4.78 is 46.0. The average molecular weight is 459 g/mol. The molecule has 0 bridgehead atoms. The van der Waals surface area contributed by atoms with Crippen molar-refractivity contribution >= 4 is 33.2 Å². The van der Waals surface area contributed by atoms with Crippen LogP contribution in [-0.2, 0) is 10.0 Å². The number of sulfonamides is 1. The lowest BCUT2D eigenvalue weighted by Crippen LogP contribution is -2.49. The molecule has 0 radical (unpaired) electrons. The summed E-state index contributed by atoms with van der Waals surface area (Å²) in [6.07, 6.45) is 0.270. The molecule has 2 aromatic carbocycles. The van der Waals surface area contributed by atoms with Gasteiger partial charge < -0.3 is 9.84 Å². The van der Waals surface area contributed by atoms with Gasteiger partial charge in [-0.3, -0.25) is 0 Å². The third-order valence-corrected chi connectivity index (χ3v) is 7.35. The van der Waals surface area contributed by atoms with E-state index in [0.29, 0.717) is 5.02 Å². The largest absolute Gasteiger partial charge is 0.490 e. The second-order valence-electron chi connectivity index (χ2n) is 6.75. The Morgan fingerprint density at radius 1 is 1.21 bits per heavy atom. The maximum absolute atomic E-state index is 13.7. The van der Waals surface area contributed by atoms with Gasteiger partial charge in [0.25, 0.3) is 0 Å². The van der Waals surface area contributed by atoms with Gasteiger partial charge in [-0.05, 0) is 43.2 Å². The highest BCUT2D eigenvalue weighted by atomic mass is 35.5. The minimum absolute atomic E-state index is 0.0320. The summed E-state index contributed by atoms with van der Waals surface area (Å²) >= 11 is 11.9. The Hall–Kier alpha value is -1.89. The van der Waals surface area contributed by atoms with Crippen molar-refractivity contribution in [1.82, 2.24) is 4.31 Å². The molecule has 0 spiro atoms. The molecule has 0 atom stereocenters. The summed E-state index contributed by atoms with van der Waals surface area (Å²) in [5.41, 5.74) is -1.37. The number of aliphatic hydroxyl groups is 1. The summed E-state index contributed by atoms with van der Waals surface area (Å²) in [6.45, 7) is 0.0136. The standard InChI is InChI=1S/C19H17Cl2FN2O4S/c20-14-2-4-18(16(21)9-14)29(26,27)24-7-5-19(25,6-8-24)12-28-15-3-1-13(11-23)17(22)10-15/h1-4,9-10,25H,5-8,12H2. The Balaban J connectivity index is 1.64. The van der Waals surface area contributed by atoms with Crippen molar-refractivity contribution in [3.05, 3.63) is 57.8 Å². The summed E-state index contributed by atoms with van der Waals surface area (Å²) in [5.74, 6) is -0.532. The highest BCUT2D eigenvalue weighted by Gasteiger charge is 2.38. The Labute approximate surface area is 178 Å². The van der Waals surface area contributed by atoms with Gasteiger partial charge in [0.15, 0.2) is 0 Å². The molecular formula is C19H17Cl2FN2O4S. The van der Waals surface area contributed by atoms with Gasteiger partial charge in [-0.1, -0.05) is 23.2 Å². The molecule has 0 unspecified atom stereocenters. The van der Waals surface area contributed by atoms with Crippen LogP contribution in [-0.4, -0.2) is 43.1 Å². The maximum atomic E-state index is 13.7. The summed E-state index contributed by atoms with van der Waals surface area (Å²) in [5, 5.41) is 19.8. The second-order valence-corrected chi connectivity index (χ2v) is 9.50. The van der Waals surface area contributed by atoms with Crippen LogP contribution in [0.25, 0.3) is 0 Å². The molecule has 0 aliphatic carbocycles. The Kier molecular flexibility index (Phi) is 6.36. The van der Waals surface area contributed by atoms with E-state index in [1.807, 2.05) is 0 Å². The molecule has 1 heterocycles. The van der Waals surface area contributed by atoms with Crippen LogP contribution in [0.1, 0.15) is 18.4 Å². The van der Waals surface area contributed by atoms with Crippen molar-refractivity contribution in [3.8, 4) is 11.8 Å². The van der Waals surface area contributed by atoms with E-state index in [0.717, 1.165) is 6.07 Å². The van der Waals surface area contributed by atoms with Crippen LogP contribution in [0, 0.1) is 17.1 Å². The lowest BCUT2D eigenvalue weighted by molar-refractivity contribution is -0.0403. The highest BCUT2D eigenvalue weighted by Crippen LogP contribution is 2.31. The Morgan fingerprint density at radius 2 is 1.90 bits per heavy atom. The lowest BCUT2D eigenvalue weighted by Gasteiger charge is -2.37. The third-order valence-electron chi connectivity index (χ3n) is 4.73. The molecule has 0 aromatic heterocycles. The first-order chi connectivity index (χ1) is 13.6. The zero-order valence-electron chi connectivity index (χ0n) is 15.1. The fourth-order valence-corrected chi connectivity index (χ4v) is 5.19. The first kappa shape index (κ1) is 21.8. The summed E-state index contributed by atoms with van der Waals surface area (Å²) in [6, 6.07) is 9.68. The molecule has 1 saturated heterocycles. The predicted octanol–water partition coefficient (Wildman–Crippen LogP) is 3.60. The van der Waals surface area contributed by atoms with E-state index >= 15 is 0 Å². The monoisotopic (exact) mass is 458 g/mol. The number of nitriles is 1. The normalized spacial score (nSPS) is 16.9. The van der Waals surface area contributed by atoms with Gasteiger partial charge in [0.1, 0.15) is 34.7 Å². The van der Waals surface area contributed by atoms with Crippen molar-refractivity contribution in [2.45, 2.75) is 23.3 Å². The lowest BCUT2D eigenvalue weighted by atomic mass is 9.93. The topological polar surface area (TPSA) is 90.6 Å². The van der Waals surface area contributed by atoms with Gasteiger partial charge in [0.05, 0.1) is 10.6 Å². The molecule has 1 aliphatic rings. The van der Waals surface area contributed by atoms with Crippen LogP contribution >= 0.6 is 23.2 Å². The zero-order valence-corrected chi connectivity index (χ0v) is 17.4. The smallest absolute Gasteiger partial charge is 0.244 e. The number of ether oxygens (including phenoxy) is 1. The molecule has 10 heteroatoms. The molecule has 154 valence electrons.